The maximum atomic E-state index is 12.3. The van der Waals surface area contributed by atoms with Gasteiger partial charge in [0.1, 0.15) is 0 Å². The maximum Gasteiger partial charge on any atom is 0.218 e. The third kappa shape index (κ3) is 2.12. The first-order valence-electron chi connectivity index (χ1n) is 6.49. The lowest BCUT2D eigenvalue weighted by atomic mass is 9.33. The van der Waals surface area contributed by atoms with E-state index in [-0.39, 0.29) is 17.3 Å². The molecular weight excluding hydrogens is 201 g/mol. The zero-order chi connectivity index (χ0) is 11.8. The molecule has 2 N–H and O–H groups in total. The van der Waals surface area contributed by atoms with Gasteiger partial charge in [-0.3, -0.25) is 4.79 Å². The Morgan fingerprint density at radius 1 is 1.25 bits per heavy atom. The first kappa shape index (κ1) is 12.0. The molecule has 0 aromatic heterocycles. The highest BCUT2D eigenvalue weighted by Crippen LogP contribution is 2.50. The van der Waals surface area contributed by atoms with Crippen molar-refractivity contribution in [3.05, 3.63) is 0 Å². The summed E-state index contributed by atoms with van der Waals surface area (Å²) in [7, 11) is 0.679. The van der Waals surface area contributed by atoms with Gasteiger partial charge < -0.3 is 10.4 Å². The van der Waals surface area contributed by atoms with Gasteiger partial charge in [0.2, 0.25) is 5.91 Å². The molecule has 0 radical (unpaired) electrons. The minimum Gasteiger partial charge on any atom is -0.399 e. The van der Waals surface area contributed by atoms with Crippen LogP contribution in [0.3, 0.4) is 0 Å². The molecule has 0 aromatic carbocycles. The van der Waals surface area contributed by atoms with Crippen molar-refractivity contribution in [3.8, 4) is 0 Å². The Hall–Kier alpha value is -0.505. The van der Waals surface area contributed by atoms with Crippen molar-refractivity contribution in [1.82, 2.24) is 5.32 Å². The lowest BCUT2D eigenvalue weighted by molar-refractivity contribution is -0.126. The molecule has 2 rings (SSSR count). The standard InChI is InChI=1S/C12H22BNO2/c1-9(2)14-10(15)11-5-3-7-12(16,13-11)8-4-6-11/h9,13,16H,3-8H2,1-2H3,(H,14,15). The van der Waals surface area contributed by atoms with Crippen LogP contribution in [0, 0.1) is 0 Å². The SMILES string of the molecule is CC(C)NC(=O)C12BC(O)(CCC1)CCC2. The van der Waals surface area contributed by atoms with E-state index in [0.29, 0.717) is 7.28 Å². The van der Waals surface area contributed by atoms with Gasteiger partial charge in [0.05, 0.1) is 0 Å². The molecule has 90 valence electrons. The van der Waals surface area contributed by atoms with Crippen molar-refractivity contribution in [2.24, 2.45) is 0 Å². The minimum atomic E-state index is -0.551. The van der Waals surface area contributed by atoms with Gasteiger partial charge in [0.25, 0.3) is 0 Å². The summed E-state index contributed by atoms with van der Waals surface area (Å²) in [6.45, 7) is 3.98. The van der Waals surface area contributed by atoms with Crippen LogP contribution in [0.15, 0.2) is 0 Å². The van der Waals surface area contributed by atoms with Crippen LogP contribution >= 0.6 is 0 Å². The topological polar surface area (TPSA) is 49.3 Å². The van der Waals surface area contributed by atoms with Crippen LogP contribution < -0.4 is 5.32 Å². The summed E-state index contributed by atoms with van der Waals surface area (Å²) < 4.78 is 0. The van der Waals surface area contributed by atoms with Crippen molar-refractivity contribution in [3.63, 3.8) is 0 Å². The Morgan fingerprint density at radius 2 is 1.81 bits per heavy atom. The number of carbonyl (C=O) groups excluding carboxylic acids is 1. The third-order valence-corrected chi connectivity index (χ3v) is 4.16. The number of rotatable bonds is 2. The first-order chi connectivity index (χ1) is 7.46. The van der Waals surface area contributed by atoms with Crippen LogP contribution in [0.5, 0.6) is 0 Å². The van der Waals surface area contributed by atoms with Crippen LogP contribution in [0.25, 0.3) is 0 Å². The van der Waals surface area contributed by atoms with E-state index in [1.165, 1.54) is 0 Å². The molecule has 0 atom stereocenters. The first-order valence-corrected chi connectivity index (χ1v) is 6.49. The Labute approximate surface area is 98.2 Å². The summed E-state index contributed by atoms with van der Waals surface area (Å²) in [4.78, 5) is 12.3. The van der Waals surface area contributed by atoms with Gasteiger partial charge in [-0.15, -0.1) is 0 Å². The molecule has 3 nitrogen and oxygen atoms in total. The predicted molar refractivity (Wildman–Crippen MR) is 65.8 cm³/mol. The normalized spacial score (nSPS) is 38.0. The van der Waals surface area contributed by atoms with E-state index in [0.717, 1.165) is 38.5 Å². The fraction of sp³-hybridized carbons (Fsp3) is 0.917. The molecule has 2 aliphatic heterocycles. The summed E-state index contributed by atoms with van der Waals surface area (Å²) in [5.74, 6) is 0.167. The molecular formula is C12H22BNO2. The number of hydrogen-bond acceptors (Lipinski definition) is 2. The highest BCUT2D eigenvalue weighted by Gasteiger charge is 2.52. The maximum absolute atomic E-state index is 12.3. The van der Waals surface area contributed by atoms with Crippen LogP contribution in [0.4, 0.5) is 0 Å². The van der Waals surface area contributed by atoms with Gasteiger partial charge in [-0.25, -0.2) is 0 Å². The van der Waals surface area contributed by atoms with Crippen molar-refractivity contribution in [2.75, 3.05) is 0 Å². The zero-order valence-electron chi connectivity index (χ0n) is 10.4. The van der Waals surface area contributed by atoms with Crippen LogP contribution in [-0.2, 0) is 4.79 Å². The van der Waals surface area contributed by atoms with Gasteiger partial charge in [-0.1, -0.05) is 12.8 Å². The Balaban J connectivity index is 2.13. The van der Waals surface area contributed by atoms with Gasteiger partial charge in [-0.2, -0.15) is 0 Å². The lowest BCUT2D eigenvalue weighted by Gasteiger charge is -2.48. The molecule has 0 saturated carbocycles. The zero-order valence-corrected chi connectivity index (χ0v) is 10.4. The fourth-order valence-electron chi connectivity index (χ4n) is 3.47. The Morgan fingerprint density at radius 3 is 2.31 bits per heavy atom. The molecule has 0 spiro atoms. The number of fused-ring (bicyclic) bond motifs is 2. The van der Waals surface area contributed by atoms with E-state index in [1.54, 1.807) is 0 Å². The Bertz CT molecular complexity index is 281. The summed E-state index contributed by atoms with van der Waals surface area (Å²) in [5.41, 5.74) is -0.551. The minimum absolute atomic E-state index is 0.167. The average Bonchev–Trinajstić information content (AvgIpc) is 2.15. The fourth-order valence-corrected chi connectivity index (χ4v) is 3.47. The molecule has 0 aliphatic carbocycles. The van der Waals surface area contributed by atoms with Crippen LogP contribution in [-0.4, -0.2) is 29.8 Å². The molecule has 2 aliphatic rings. The van der Waals surface area contributed by atoms with Crippen molar-refractivity contribution < 1.29 is 9.90 Å². The molecule has 1 amide bonds. The monoisotopic (exact) mass is 223 g/mol. The van der Waals surface area contributed by atoms with E-state index in [9.17, 15) is 9.90 Å². The van der Waals surface area contributed by atoms with Crippen LogP contribution in [0.2, 0.25) is 5.31 Å². The van der Waals surface area contributed by atoms with Gasteiger partial charge in [0.15, 0.2) is 7.28 Å². The Kier molecular flexibility index (Phi) is 3.04. The molecule has 16 heavy (non-hydrogen) atoms. The highest BCUT2D eigenvalue weighted by molar-refractivity contribution is 6.51. The molecule has 2 saturated heterocycles. The summed E-state index contributed by atoms with van der Waals surface area (Å²) in [5, 5.41) is 13.1. The molecule has 2 bridgehead atoms. The van der Waals surface area contributed by atoms with Crippen LogP contribution in [0.1, 0.15) is 52.4 Å². The van der Waals surface area contributed by atoms with Crippen molar-refractivity contribution in [2.45, 2.75) is 69.2 Å². The molecule has 2 fully saturated rings. The average molecular weight is 223 g/mol. The van der Waals surface area contributed by atoms with E-state index in [4.69, 9.17) is 0 Å². The number of carbonyl (C=O) groups is 1. The largest absolute Gasteiger partial charge is 0.399 e. The quantitative estimate of drug-likeness (QED) is 0.690. The molecule has 4 heteroatoms. The molecule has 0 unspecified atom stereocenters. The van der Waals surface area contributed by atoms with Gasteiger partial charge in [0, 0.05) is 16.9 Å². The van der Waals surface area contributed by atoms with E-state index in [2.05, 4.69) is 5.32 Å². The molecule has 0 aromatic rings. The second-order valence-corrected chi connectivity index (χ2v) is 6.02. The predicted octanol–water partition coefficient (Wildman–Crippen LogP) is 1.16. The third-order valence-electron chi connectivity index (χ3n) is 4.16. The van der Waals surface area contributed by atoms with Gasteiger partial charge in [-0.05, 0) is 39.5 Å². The lowest BCUT2D eigenvalue weighted by Crippen LogP contribution is -2.55. The number of hydrogen-bond donors (Lipinski definition) is 2. The number of nitrogens with one attached hydrogen (secondary N) is 1. The summed E-state index contributed by atoms with van der Waals surface area (Å²) in [6.07, 6.45) is 5.64. The molecule has 2 heterocycles. The second kappa shape index (κ2) is 4.06. The van der Waals surface area contributed by atoms with Gasteiger partial charge >= 0.3 is 0 Å². The van der Waals surface area contributed by atoms with Crippen molar-refractivity contribution >= 4 is 13.2 Å². The number of amides is 1. The van der Waals surface area contributed by atoms with E-state index < -0.39 is 5.50 Å². The highest BCUT2D eigenvalue weighted by atomic mass is 16.3. The second-order valence-electron chi connectivity index (χ2n) is 6.02. The summed E-state index contributed by atoms with van der Waals surface area (Å²) in [6, 6.07) is 0.193. The summed E-state index contributed by atoms with van der Waals surface area (Å²) >= 11 is 0. The number of aliphatic hydroxyl groups is 1. The smallest absolute Gasteiger partial charge is 0.218 e. The van der Waals surface area contributed by atoms with E-state index >= 15 is 0 Å². The van der Waals surface area contributed by atoms with Crippen molar-refractivity contribution in [1.29, 1.82) is 0 Å². The van der Waals surface area contributed by atoms with E-state index in [1.807, 2.05) is 13.8 Å².